The fourth-order valence-electron chi connectivity index (χ4n) is 2.52. The number of sulfonamides is 1. The van der Waals surface area contributed by atoms with Crippen LogP contribution in [0, 0.1) is 11.7 Å². The highest BCUT2D eigenvalue weighted by Crippen LogP contribution is 2.27. The first-order valence-electron chi connectivity index (χ1n) is 6.52. The van der Waals surface area contributed by atoms with Gasteiger partial charge < -0.3 is 5.11 Å². The molecule has 0 bridgehead atoms. The Balaban J connectivity index is 2.28. The highest BCUT2D eigenvalue weighted by Gasteiger charge is 2.34. The summed E-state index contributed by atoms with van der Waals surface area (Å²) in [5.74, 6) is -2.88. The second-order valence-electron chi connectivity index (χ2n) is 5.01. The van der Waals surface area contributed by atoms with Crippen molar-refractivity contribution in [2.45, 2.75) is 36.6 Å². The molecule has 1 fully saturated rings. The van der Waals surface area contributed by atoms with E-state index in [-0.39, 0.29) is 5.02 Å². The summed E-state index contributed by atoms with van der Waals surface area (Å²) < 4.78 is 40.6. The first-order valence-corrected chi connectivity index (χ1v) is 8.38. The van der Waals surface area contributed by atoms with Crippen LogP contribution in [0.2, 0.25) is 5.02 Å². The van der Waals surface area contributed by atoms with Crippen LogP contribution in [-0.4, -0.2) is 25.5 Å². The summed E-state index contributed by atoms with van der Waals surface area (Å²) >= 11 is 5.58. The minimum absolute atomic E-state index is 0.295. The molecule has 8 heteroatoms. The van der Waals surface area contributed by atoms with Crippen molar-refractivity contribution in [2.75, 3.05) is 0 Å². The van der Waals surface area contributed by atoms with Crippen molar-refractivity contribution in [2.24, 2.45) is 5.92 Å². The van der Waals surface area contributed by atoms with Gasteiger partial charge in [-0.15, -0.1) is 0 Å². The Morgan fingerprint density at radius 3 is 2.67 bits per heavy atom. The maximum absolute atomic E-state index is 13.8. The number of carboxylic acids is 1. The maximum Gasteiger partial charge on any atom is 0.308 e. The smallest absolute Gasteiger partial charge is 0.308 e. The molecular formula is C13H15ClFNO4S. The summed E-state index contributed by atoms with van der Waals surface area (Å²) in [6.07, 6.45) is 2.29. The van der Waals surface area contributed by atoms with Crippen LogP contribution in [0.4, 0.5) is 4.39 Å². The number of halogens is 2. The van der Waals surface area contributed by atoms with Crippen molar-refractivity contribution in [3.63, 3.8) is 0 Å². The van der Waals surface area contributed by atoms with E-state index in [4.69, 9.17) is 16.7 Å². The minimum Gasteiger partial charge on any atom is -0.481 e. The molecule has 0 saturated heterocycles. The van der Waals surface area contributed by atoms with Gasteiger partial charge in [-0.05, 0) is 25.0 Å². The summed E-state index contributed by atoms with van der Waals surface area (Å²) in [5, 5.41) is 8.85. The van der Waals surface area contributed by atoms with E-state index in [2.05, 4.69) is 4.72 Å². The van der Waals surface area contributed by atoms with Crippen LogP contribution in [0.5, 0.6) is 0 Å². The molecule has 0 amide bonds. The van der Waals surface area contributed by atoms with E-state index in [0.717, 1.165) is 18.9 Å². The number of hydrogen-bond donors (Lipinski definition) is 2. The predicted octanol–water partition coefficient (Wildman–Crippen LogP) is 2.40. The van der Waals surface area contributed by atoms with Gasteiger partial charge in [0.2, 0.25) is 10.0 Å². The van der Waals surface area contributed by atoms with Gasteiger partial charge in [0.25, 0.3) is 0 Å². The lowest BCUT2D eigenvalue weighted by atomic mass is 9.85. The van der Waals surface area contributed by atoms with E-state index < -0.39 is 38.7 Å². The molecule has 0 spiro atoms. The Morgan fingerprint density at radius 1 is 1.33 bits per heavy atom. The molecule has 0 aliphatic heterocycles. The van der Waals surface area contributed by atoms with Gasteiger partial charge in [-0.1, -0.05) is 30.5 Å². The lowest BCUT2D eigenvalue weighted by Gasteiger charge is -2.29. The number of carbonyl (C=O) groups is 1. The quantitative estimate of drug-likeness (QED) is 0.885. The predicted molar refractivity (Wildman–Crippen MR) is 75.1 cm³/mol. The van der Waals surface area contributed by atoms with Crippen molar-refractivity contribution < 1.29 is 22.7 Å². The van der Waals surface area contributed by atoms with Crippen molar-refractivity contribution in [3.8, 4) is 0 Å². The fourth-order valence-corrected chi connectivity index (χ4v) is 4.16. The molecule has 2 rings (SSSR count). The zero-order chi connectivity index (χ0) is 15.6. The average Bonchev–Trinajstić information content (AvgIpc) is 2.41. The molecule has 1 aromatic carbocycles. The highest BCUT2D eigenvalue weighted by atomic mass is 35.5. The van der Waals surface area contributed by atoms with Crippen LogP contribution >= 0.6 is 11.6 Å². The number of benzene rings is 1. The number of hydrogen-bond acceptors (Lipinski definition) is 3. The van der Waals surface area contributed by atoms with Gasteiger partial charge in [-0.2, -0.15) is 0 Å². The normalized spacial score (nSPS) is 23.0. The summed E-state index contributed by atoms with van der Waals surface area (Å²) in [4.78, 5) is 10.6. The molecule has 2 atom stereocenters. The zero-order valence-electron chi connectivity index (χ0n) is 11.1. The van der Waals surface area contributed by atoms with Gasteiger partial charge in [0.15, 0.2) is 5.82 Å². The van der Waals surface area contributed by atoms with E-state index in [1.54, 1.807) is 0 Å². The topological polar surface area (TPSA) is 83.5 Å². The molecule has 1 aromatic rings. The Morgan fingerprint density at radius 2 is 2.00 bits per heavy atom. The number of aliphatic carboxylic acids is 1. The van der Waals surface area contributed by atoms with E-state index in [0.29, 0.717) is 12.8 Å². The maximum atomic E-state index is 13.8. The van der Waals surface area contributed by atoms with Crippen molar-refractivity contribution >= 4 is 27.6 Å². The first kappa shape index (κ1) is 16.2. The molecule has 0 radical (unpaired) electrons. The van der Waals surface area contributed by atoms with Gasteiger partial charge in [-0.3, -0.25) is 4.79 Å². The standard InChI is InChI=1S/C13H15ClFNO4S/c14-9-5-3-7-11(12(9)15)21(19,20)16-10-6-2-1-4-8(10)13(17)18/h3,5,7-8,10,16H,1-2,4,6H2,(H,17,18). The first-order chi connectivity index (χ1) is 9.83. The molecule has 1 aliphatic rings. The molecule has 1 aliphatic carbocycles. The third-order valence-electron chi connectivity index (χ3n) is 3.60. The SMILES string of the molecule is O=C(O)C1CCCCC1NS(=O)(=O)c1cccc(Cl)c1F. The van der Waals surface area contributed by atoms with Crippen LogP contribution in [0.1, 0.15) is 25.7 Å². The zero-order valence-corrected chi connectivity index (χ0v) is 12.6. The van der Waals surface area contributed by atoms with Crippen LogP contribution in [-0.2, 0) is 14.8 Å². The average molecular weight is 336 g/mol. The molecule has 2 unspecified atom stereocenters. The summed E-state index contributed by atoms with van der Waals surface area (Å²) in [6, 6.07) is 2.94. The minimum atomic E-state index is -4.15. The largest absolute Gasteiger partial charge is 0.481 e. The monoisotopic (exact) mass is 335 g/mol. The van der Waals surface area contributed by atoms with E-state index >= 15 is 0 Å². The van der Waals surface area contributed by atoms with Crippen LogP contribution < -0.4 is 4.72 Å². The van der Waals surface area contributed by atoms with Gasteiger partial charge in [0, 0.05) is 6.04 Å². The summed E-state index contributed by atoms with van der Waals surface area (Å²) in [5.41, 5.74) is 0. The van der Waals surface area contributed by atoms with Gasteiger partial charge >= 0.3 is 5.97 Å². The van der Waals surface area contributed by atoms with Crippen molar-refractivity contribution in [3.05, 3.63) is 29.0 Å². The van der Waals surface area contributed by atoms with Crippen molar-refractivity contribution in [1.82, 2.24) is 4.72 Å². The second-order valence-corrected chi connectivity index (χ2v) is 7.10. The molecule has 0 heterocycles. The number of rotatable bonds is 4. The van der Waals surface area contributed by atoms with Crippen LogP contribution in [0.25, 0.3) is 0 Å². The van der Waals surface area contributed by atoms with Gasteiger partial charge in [-0.25, -0.2) is 17.5 Å². The molecule has 116 valence electrons. The number of carboxylic acid groups (broad SMARTS) is 1. The lowest BCUT2D eigenvalue weighted by molar-refractivity contribution is -0.143. The summed E-state index contributed by atoms with van der Waals surface area (Å²) in [6.45, 7) is 0. The molecule has 2 N–H and O–H groups in total. The lowest BCUT2D eigenvalue weighted by Crippen LogP contribution is -2.45. The molecule has 0 aromatic heterocycles. The van der Waals surface area contributed by atoms with E-state index in [1.807, 2.05) is 0 Å². The second kappa shape index (κ2) is 6.29. The third kappa shape index (κ3) is 3.53. The Hall–Kier alpha value is -1.18. The Kier molecular flexibility index (Phi) is 4.85. The van der Waals surface area contributed by atoms with Crippen LogP contribution in [0.3, 0.4) is 0 Å². The van der Waals surface area contributed by atoms with Crippen molar-refractivity contribution in [1.29, 1.82) is 0 Å². The summed E-state index contributed by atoms with van der Waals surface area (Å²) in [7, 11) is -4.15. The molecular weight excluding hydrogens is 321 g/mol. The number of nitrogens with one attached hydrogen (secondary N) is 1. The van der Waals surface area contributed by atoms with Gasteiger partial charge in [0.1, 0.15) is 4.90 Å². The van der Waals surface area contributed by atoms with Crippen LogP contribution in [0.15, 0.2) is 23.1 Å². The Labute approximate surface area is 127 Å². The Bertz CT molecular complexity index is 650. The van der Waals surface area contributed by atoms with Gasteiger partial charge in [0.05, 0.1) is 10.9 Å². The molecule has 1 saturated carbocycles. The third-order valence-corrected chi connectivity index (χ3v) is 5.39. The fraction of sp³-hybridized carbons (Fsp3) is 0.462. The van der Waals surface area contributed by atoms with E-state index in [9.17, 15) is 17.6 Å². The molecule has 21 heavy (non-hydrogen) atoms. The molecule has 5 nitrogen and oxygen atoms in total. The highest BCUT2D eigenvalue weighted by molar-refractivity contribution is 7.89. The van der Waals surface area contributed by atoms with E-state index in [1.165, 1.54) is 12.1 Å².